The predicted molar refractivity (Wildman–Crippen MR) is 101 cm³/mol. The molecule has 0 saturated heterocycles. The van der Waals surface area contributed by atoms with Crippen LogP contribution in [0.5, 0.6) is 0 Å². The molecule has 0 bridgehead atoms. The number of aromatic carboxylic acids is 2. The van der Waals surface area contributed by atoms with E-state index in [1.807, 2.05) is 62.4 Å². The Morgan fingerprint density at radius 2 is 1.15 bits per heavy atom. The van der Waals surface area contributed by atoms with E-state index in [0.717, 1.165) is 16.7 Å². The number of hydrogen-bond donors (Lipinski definition) is 2. The van der Waals surface area contributed by atoms with E-state index in [9.17, 15) is 19.8 Å². The van der Waals surface area contributed by atoms with Gasteiger partial charge in [-0.15, -0.1) is 0 Å². The summed E-state index contributed by atoms with van der Waals surface area (Å²) in [5.41, 5.74) is 4.33. The smallest absolute Gasteiger partial charge is 0.337 e. The highest BCUT2D eigenvalue weighted by Gasteiger charge is 2.24. The van der Waals surface area contributed by atoms with Crippen molar-refractivity contribution in [2.45, 2.75) is 13.8 Å². The van der Waals surface area contributed by atoms with E-state index in [1.54, 1.807) is 6.07 Å². The molecule has 0 spiro atoms. The van der Waals surface area contributed by atoms with Gasteiger partial charge in [-0.3, -0.25) is 0 Å². The summed E-state index contributed by atoms with van der Waals surface area (Å²) in [5, 5.41) is 19.2. The van der Waals surface area contributed by atoms with Crippen molar-refractivity contribution in [2.75, 3.05) is 0 Å². The summed E-state index contributed by atoms with van der Waals surface area (Å²) in [4.78, 5) is 23.6. The van der Waals surface area contributed by atoms with Gasteiger partial charge in [0, 0.05) is 5.56 Å². The van der Waals surface area contributed by atoms with Gasteiger partial charge in [-0.2, -0.15) is 0 Å². The van der Waals surface area contributed by atoms with E-state index in [-0.39, 0.29) is 11.1 Å². The zero-order valence-electron chi connectivity index (χ0n) is 14.5. The molecular weight excluding hydrogens is 328 g/mol. The minimum Gasteiger partial charge on any atom is -0.478 e. The van der Waals surface area contributed by atoms with Crippen molar-refractivity contribution < 1.29 is 19.8 Å². The molecule has 2 N–H and O–H groups in total. The van der Waals surface area contributed by atoms with Crippen molar-refractivity contribution in [2.24, 2.45) is 0 Å². The van der Waals surface area contributed by atoms with Crippen LogP contribution in [-0.4, -0.2) is 22.2 Å². The molecule has 0 aliphatic heterocycles. The van der Waals surface area contributed by atoms with E-state index in [1.165, 1.54) is 6.07 Å². The highest BCUT2D eigenvalue weighted by molar-refractivity contribution is 6.09. The summed E-state index contributed by atoms with van der Waals surface area (Å²) in [6.07, 6.45) is 0. The molecule has 0 unspecified atom stereocenters. The molecular formula is C22H18O4. The van der Waals surface area contributed by atoms with E-state index >= 15 is 0 Å². The number of carboxylic acids is 2. The number of benzene rings is 3. The third-order valence-electron chi connectivity index (χ3n) is 4.35. The Bertz CT molecular complexity index is 984. The number of carboxylic acid groups (broad SMARTS) is 2. The molecule has 3 aromatic carbocycles. The maximum Gasteiger partial charge on any atom is 0.337 e. The first kappa shape index (κ1) is 17.4. The van der Waals surface area contributed by atoms with Crippen molar-refractivity contribution in [3.8, 4) is 22.3 Å². The Hall–Kier alpha value is -3.40. The van der Waals surface area contributed by atoms with Crippen LogP contribution in [0.2, 0.25) is 0 Å². The summed E-state index contributed by atoms with van der Waals surface area (Å²) in [7, 11) is 0. The zero-order valence-corrected chi connectivity index (χ0v) is 14.5. The average molecular weight is 346 g/mol. The molecule has 0 saturated carbocycles. The molecule has 0 amide bonds. The molecule has 0 fully saturated rings. The van der Waals surface area contributed by atoms with Crippen molar-refractivity contribution in [3.05, 3.63) is 82.9 Å². The van der Waals surface area contributed by atoms with Gasteiger partial charge in [0.05, 0.1) is 11.1 Å². The average Bonchev–Trinajstić information content (AvgIpc) is 2.61. The topological polar surface area (TPSA) is 74.6 Å². The third kappa shape index (κ3) is 3.22. The van der Waals surface area contributed by atoms with Crippen molar-refractivity contribution >= 4 is 11.9 Å². The monoisotopic (exact) mass is 346 g/mol. The van der Waals surface area contributed by atoms with Crippen LogP contribution in [0.25, 0.3) is 22.3 Å². The second-order valence-electron chi connectivity index (χ2n) is 6.25. The summed E-state index contributed by atoms with van der Waals surface area (Å²) in [6, 6.07) is 18.2. The molecule has 3 rings (SSSR count). The van der Waals surface area contributed by atoms with Gasteiger partial charge >= 0.3 is 11.9 Å². The fourth-order valence-electron chi connectivity index (χ4n) is 3.00. The maximum atomic E-state index is 12.0. The first-order chi connectivity index (χ1) is 12.4. The van der Waals surface area contributed by atoms with Crippen molar-refractivity contribution in [1.82, 2.24) is 0 Å². The molecule has 4 nitrogen and oxygen atoms in total. The van der Waals surface area contributed by atoms with E-state index in [0.29, 0.717) is 16.7 Å². The largest absolute Gasteiger partial charge is 0.478 e. The minimum atomic E-state index is -1.26. The highest BCUT2D eigenvalue weighted by Crippen LogP contribution is 2.37. The van der Waals surface area contributed by atoms with Crippen LogP contribution < -0.4 is 0 Å². The van der Waals surface area contributed by atoms with Gasteiger partial charge in [0.15, 0.2) is 0 Å². The first-order valence-electron chi connectivity index (χ1n) is 8.16. The number of aryl methyl sites for hydroxylation is 2. The molecule has 0 heterocycles. The van der Waals surface area contributed by atoms with Gasteiger partial charge < -0.3 is 10.2 Å². The summed E-state index contributed by atoms with van der Waals surface area (Å²) >= 11 is 0. The van der Waals surface area contributed by atoms with Gasteiger partial charge in [-0.25, -0.2) is 9.59 Å². The molecule has 0 aliphatic rings. The molecule has 130 valence electrons. The van der Waals surface area contributed by atoms with Crippen LogP contribution in [-0.2, 0) is 0 Å². The number of hydrogen-bond acceptors (Lipinski definition) is 2. The molecule has 0 aromatic heterocycles. The van der Waals surface area contributed by atoms with Crippen LogP contribution in [0.15, 0.2) is 60.7 Å². The minimum absolute atomic E-state index is 0.195. The van der Waals surface area contributed by atoms with Gasteiger partial charge in [-0.05, 0) is 36.6 Å². The number of rotatable bonds is 4. The lowest BCUT2D eigenvalue weighted by Crippen LogP contribution is -2.11. The Kier molecular flexibility index (Phi) is 4.59. The Morgan fingerprint density at radius 1 is 0.654 bits per heavy atom. The fourth-order valence-corrected chi connectivity index (χ4v) is 3.00. The SMILES string of the molecule is Cc1ccc(-c2ccc(C(=O)O)c(C(=O)O)c2-c2ccc(C)cc2)cc1. The van der Waals surface area contributed by atoms with E-state index in [4.69, 9.17) is 0 Å². The van der Waals surface area contributed by atoms with Crippen LogP contribution in [0.4, 0.5) is 0 Å². The quantitative estimate of drug-likeness (QED) is 0.694. The Balaban J connectivity index is 2.39. The Morgan fingerprint density at radius 3 is 1.62 bits per heavy atom. The fraction of sp³-hybridized carbons (Fsp3) is 0.0909. The van der Waals surface area contributed by atoms with Crippen LogP contribution in [0.1, 0.15) is 31.8 Å². The first-order valence-corrected chi connectivity index (χ1v) is 8.16. The molecule has 0 radical (unpaired) electrons. The van der Waals surface area contributed by atoms with Crippen LogP contribution in [0.3, 0.4) is 0 Å². The second-order valence-corrected chi connectivity index (χ2v) is 6.25. The maximum absolute atomic E-state index is 12.0. The molecule has 0 aliphatic carbocycles. The van der Waals surface area contributed by atoms with Crippen molar-refractivity contribution in [3.63, 3.8) is 0 Å². The van der Waals surface area contributed by atoms with Gasteiger partial charge in [0.2, 0.25) is 0 Å². The summed E-state index contributed by atoms with van der Waals surface area (Å²) in [6.45, 7) is 3.91. The lowest BCUT2D eigenvalue weighted by molar-refractivity contribution is 0.0652. The Labute approximate surface area is 151 Å². The van der Waals surface area contributed by atoms with Crippen LogP contribution >= 0.6 is 0 Å². The highest BCUT2D eigenvalue weighted by atomic mass is 16.4. The number of carbonyl (C=O) groups is 2. The standard InChI is InChI=1S/C22H18O4/c1-13-3-7-15(8-4-13)17-11-12-18(21(23)24)20(22(25)26)19(17)16-9-5-14(2)6-10-16/h3-12H,1-2H3,(H,23,24)(H,25,26). The van der Waals surface area contributed by atoms with Crippen LogP contribution in [0, 0.1) is 13.8 Å². The lowest BCUT2D eigenvalue weighted by Gasteiger charge is -2.16. The lowest BCUT2D eigenvalue weighted by atomic mass is 9.87. The van der Waals surface area contributed by atoms with E-state index < -0.39 is 11.9 Å². The normalized spacial score (nSPS) is 10.5. The predicted octanol–water partition coefficient (Wildman–Crippen LogP) is 5.03. The van der Waals surface area contributed by atoms with Gasteiger partial charge in [0.1, 0.15) is 0 Å². The van der Waals surface area contributed by atoms with Crippen molar-refractivity contribution in [1.29, 1.82) is 0 Å². The summed E-state index contributed by atoms with van der Waals surface area (Å²) in [5.74, 6) is -2.52. The summed E-state index contributed by atoms with van der Waals surface area (Å²) < 4.78 is 0. The molecule has 0 atom stereocenters. The zero-order chi connectivity index (χ0) is 18.8. The second kappa shape index (κ2) is 6.84. The molecule has 3 aromatic rings. The molecule has 4 heteroatoms. The van der Waals surface area contributed by atoms with Gasteiger partial charge in [0.25, 0.3) is 0 Å². The third-order valence-corrected chi connectivity index (χ3v) is 4.35. The molecule has 26 heavy (non-hydrogen) atoms. The van der Waals surface area contributed by atoms with E-state index in [2.05, 4.69) is 0 Å². The van der Waals surface area contributed by atoms with Gasteiger partial charge in [-0.1, -0.05) is 65.7 Å².